The molecule has 1 saturated heterocycles. The van der Waals surface area contributed by atoms with Crippen molar-refractivity contribution in [1.29, 1.82) is 0 Å². The Morgan fingerprint density at radius 1 is 0.879 bits per heavy atom. The summed E-state index contributed by atoms with van der Waals surface area (Å²) in [5, 5.41) is 2.85. The summed E-state index contributed by atoms with van der Waals surface area (Å²) in [6.07, 6.45) is 0. The number of halogens is 1. The third-order valence-corrected chi connectivity index (χ3v) is 7.54. The van der Waals surface area contributed by atoms with E-state index in [-0.39, 0.29) is 22.2 Å². The molecule has 0 spiro atoms. The normalized spacial score (nSPS) is 14.8. The highest BCUT2D eigenvalue weighted by atomic mass is 32.2. The van der Waals surface area contributed by atoms with Gasteiger partial charge in [-0.15, -0.1) is 0 Å². The van der Waals surface area contributed by atoms with E-state index in [4.69, 9.17) is 0 Å². The maximum absolute atomic E-state index is 13.2. The predicted octanol–water partition coefficient (Wildman–Crippen LogP) is 4.21. The van der Waals surface area contributed by atoms with Gasteiger partial charge in [0.05, 0.1) is 4.90 Å². The van der Waals surface area contributed by atoms with Crippen LogP contribution in [0.5, 0.6) is 0 Å². The van der Waals surface area contributed by atoms with Crippen molar-refractivity contribution in [2.45, 2.75) is 18.7 Å². The molecule has 8 heteroatoms. The van der Waals surface area contributed by atoms with Crippen molar-refractivity contribution in [3.8, 4) is 0 Å². The van der Waals surface area contributed by atoms with Gasteiger partial charge in [0.15, 0.2) is 0 Å². The van der Waals surface area contributed by atoms with Gasteiger partial charge in [-0.25, -0.2) is 12.8 Å². The molecule has 0 saturated carbocycles. The number of piperazine rings is 1. The van der Waals surface area contributed by atoms with Gasteiger partial charge < -0.3 is 10.2 Å². The predicted molar refractivity (Wildman–Crippen MR) is 128 cm³/mol. The first-order valence-electron chi connectivity index (χ1n) is 10.7. The van der Waals surface area contributed by atoms with E-state index in [1.807, 2.05) is 36.9 Å². The molecule has 3 aromatic rings. The number of nitrogens with zero attached hydrogens (tertiary/aromatic N) is 2. The largest absolute Gasteiger partial charge is 0.369 e. The van der Waals surface area contributed by atoms with Crippen molar-refractivity contribution in [2.75, 3.05) is 36.4 Å². The van der Waals surface area contributed by atoms with Gasteiger partial charge in [-0.05, 0) is 79.6 Å². The molecule has 1 aliphatic rings. The molecule has 1 fully saturated rings. The summed E-state index contributed by atoms with van der Waals surface area (Å²) >= 11 is 0. The maximum Gasteiger partial charge on any atom is 0.255 e. The van der Waals surface area contributed by atoms with Crippen molar-refractivity contribution in [1.82, 2.24) is 4.31 Å². The molecule has 172 valence electrons. The number of anilines is 2. The zero-order valence-electron chi connectivity index (χ0n) is 18.6. The number of hydrogen-bond acceptors (Lipinski definition) is 4. The lowest BCUT2D eigenvalue weighted by molar-refractivity contribution is 0.102. The average molecular weight is 468 g/mol. The number of sulfonamides is 1. The van der Waals surface area contributed by atoms with Gasteiger partial charge in [0.25, 0.3) is 5.91 Å². The zero-order valence-corrected chi connectivity index (χ0v) is 19.4. The summed E-state index contributed by atoms with van der Waals surface area (Å²) in [5.74, 6) is -0.667. The summed E-state index contributed by atoms with van der Waals surface area (Å²) in [4.78, 5) is 14.9. The lowest BCUT2D eigenvalue weighted by Gasteiger charge is -2.35. The topological polar surface area (TPSA) is 69.7 Å². The number of carbonyl (C=O) groups is 1. The summed E-state index contributed by atoms with van der Waals surface area (Å²) in [6.45, 7) is 5.50. The van der Waals surface area contributed by atoms with E-state index in [2.05, 4.69) is 5.32 Å². The summed E-state index contributed by atoms with van der Waals surface area (Å²) in [6, 6.07) is 18.0. The average Bonchev–Trinajstić information content (AvgIpc) is 2.79. The molecule has 0 radical (unpaired) electrons. The number of amides is 1. The molecular weight excluding hydrogens is 441 g/mol. The van der Waals surface area contributed by atoms with E-state index < -0.39 is 10.0 Å². The molecule has 1 amide bonds. The van der Waals surface area contributed by atoms with E-state index in [1.54, 1.807) is 24.3 Å². The molecule has 0 atom stereocenters. The van der Waals surface area contributed by atoms with E-state index in [0.717, 1.165) is 16.8 Å². The van der Waals surface area contributed by atoms with Crippen LogP contribution in [-0.2, 0) is 10.0 Å². The third kappa shape index (κ3) is 5.23. The van der Waals surface area contributed by atoms with Crippen LogP contribution in [0, 0.1) is 19.7 Å². The number of hydrogen-bond donors (Lipinski definition) is 1. The Kier molecular flexibility index (Phi) is 6.49. The van der Waals surface area contributed by atoms with Crippen LogP contribution in [0.3, 0.4) is 0 Å². The van der Waals surface area contributed by atoms with Gasteiger partial charge in [0.1, 0.15) is 5.82 Å². The highest BCUT2D eigenvalue weighted by molar-refractivity contribution is 7.89. The summed E-state index contributed by atoms with van der Waals surface area (Å²) < 4.78 is 41.0. The third-order valence-electron chi connectivity index (χ3n) is 5.64. The molecule has 0 aromatic heterocycles. The first-order chi connectivity index (χ1) is 15.7. The van der Waals surface area contributed by atoms with Crippen LogP contribution in [0.2, 0.25) is 0 Å². The Hall–Kier alpha value is -3.23. The van der Waals surface area contributed by atoms with Crippen LogP contribution in [0.4, 0.5) is 15.8 Å². The first kappa shape index (κ1) is 22.9. The Bertz CT molecular complexity index is 1250. The van der Waals surface area contributed by atoms with Gasteiger partial charge in [-0.3, -0.25) is 4.79 Å². The molecule has 1 N–H and O–H groups in total. The molecule has 0 aliphatic carbocycles. The summed E-state index contributed by atoms with van der Waals surface area (Å²) in [7, 11) is -3.75. The molecule has 6 nitrogen and oxygen atoms in total. The van der Waals surface area contributed by atoms with Gasteiger partial charge in [-0.2, -0.15) is 4.31 Å². The molecule has 3 aromatic carbocycles. The summed E-state index contributed by atoms with van der Waals surface area (Å²) in [5.41, 5.74) is 3.86. The Morgan fingerprint density at radius 3 is 2.15 bits per heavy atom. The number of rotatable bonds is 5. The molecule has 4 rings (SSSR count). The Labute approximate surface area is 193 Å². The Balaban J connectivity index is 1.47. The number of carbonyl (C=O) groups excluding carboxylic acids is 1. The van der Waals surface area contributed by atoms with Crippen molar-refractivity contribution in [3.63, 3.8) is 0 Å². The highest BCUT2D eigenvalue weighted by Gasteiger charge is 2.29. The minimum absolute atomic E-state index is 0.0887. The lowest BCUT2D eigenvalue weighted by atomic mass is 10.1. The lowest BCUT2D eigenvalue weighted by Crippen LogP contribution is -2.48. The smallest absolute Gasteiger partial charge is 0.255 e. The second-order valence-corrected chi connectivity index (χ2v) is 10.2. The van der Waals surface area contributed by atoms with E-state index in [9.17, 15) is 17.6 Å². The monoisotopic (exact) mass is 467 g/mol. The van der Waals surface area contributed by atoms with E-state index >= 15 is 0 Å². The SMILES string of the molecule is Cc1cc(C)cc(NC(=O)c2cccc(S(=O)(=O)N3CCN(c4ccc(F)cc4)CC3)c2)c1. The molecule has 33 heavy (non-hydrogen) atoms. The van der Waals surface area contributed by atoms with Crippen molar-refractivity contribution >= 4 is 27.3 Å². The van der Waals surface area contributed by atoms with Crippen molar-refractivity contribution in [2.24, 2.45) is 0 Å². The van der Waals surface area contributed by atoms with Crippen molar-refractivity contribution in [3.05, 3.63) is 89.2 Å². The van der Waals surface area contributed by atoms with Crippen LogP contribution >= 0.6 is 0 Å². The van der Waals surface area contributed by atoms with Crippen molar-refractivity contribution < 1.29 is 17.6 Å². The van der Waals surface area contributed by atoms with Crippen LogP contribution in [0.1, 0.15) is 21.5 Å². The van der Waals surface area contributed by atoms with Gasteiger partial charge >= 0.3 is 0 Å². The van der Waals surface area contributed by atoms with Crippen LogP contribution in [0.15, 0.2) is 71.6 Å². The minimum Gasteiger partial charge on any atom is -0.369 e. The fourth-order valence-corrected chi connectivity index (χ4v) is 5.50. The maximum atomic E-state index is 13.2. The molecule has 1 heterocycles. The van der Waals surface area contributed by atoms with Gasteiger partial charge in [-0.1, -0.05) is 12.1 Å². The van der Waals surface area contributed by atoms with Crippen LogP contribution in [-0.4, -0.2) is 44.8 Å². The number of aryl methyl sites for hydroxylation is 2. The molecule has 0 bridgehead atoms. The number of nitrogens with one attached hydrogen (secondary N) is 1. The Morgan fingerprint density at radius 2 is 1.52 bits per heavy atom. The minimum atomic E-state index is -3.75. The number of benzene rings is 3. The van der Waals surface area contributed by atoms with E-state index in [1.165, 1.54) is 28.6 Å². The van der Waals surface area contributed by atoms with Gasteiger partial charge in [0, 0.05) is 43.1 Å². The second kappa shape index (κ2) is 9.33. The quantitative estimate of drug-likeness (QED) is 0.611. The molecule has 1 aliphatic heterocycles. The molecular formula is C25H26FN3O3S. The molecule has 0 unspecified atom stereocenters. The zero-order chi connectivity index (χ0) is 23.6. The second-order valence-electron chi connectivity index (χ2n) is 8.23. The van der Waals surface area contributed by atoms with Gasteiger partial charge in [0.2, 0.25) is 10.0 Å². The first-order valence-corrected chi connectivity index (χ1v) is 12.2. The fourth-order valence-electron chi connectivity index (χ4n) is 4.04. The standard InChI is InChI=1S/C25H26FN3O3S/c1-18-14-19(2)16-22(15-18)27-25(30)20-4-3-5-24(17-20)33(31,32)29-12-10-28(11-13-29)23-8-6-21(26)7-9-23/h3-9,14-17H,10-13H2,1-2H3,(H,27,30). The van der Waals surface area contributed by atoms with E-state index in [0.29, 0.717) is 31.9 Å². The highest BCUT2D eigenvalue weighted by Crippen LogP contribution is 2.23. The fraction of sp³-hybridized carbons (Fsp3) is 0.240. The van der Waals surface area contributed by atoms with Crippen LogP contribution < -0.4 is 10.2 Å². The van der Waals surface area contributed by atoms with Crippen LogP contribution in [0.25, 0.3) is 0 Å².